The molecule has 0 aromatic carbocycles. The van der Waals surface area contributed by atoms with Crippen molar-refractivity contribution in [3.05, 3.63) is 22.2 Å². The summed E-state index contributed by atoms with van der Waals surface area (Å²) in [6.07, 6.45) is 1.82. The molecule has 0 aliphatic carbocycles. The molecule has 8 nitrogen and oxygen atoms in total. The Morgan fingerprint density at radius 3 is 2.78 bits per heavy atom. The van der Waals surface area contributed by atoms with E-state index in [4.69, 9.17) is 5.73 Å². The van der Waals surface area contributed by atoms with Gasteiger partial charge in [-0.05, 0) is 6.92 Å². The Kier molecular flexibility index (Phi) is 2.00. The number of aromatic amines is 2. The average molecular weight is 245 g/mol. The maximum absolute atomic E-state index is 11.7. The molecule has 8 heteroatoms. The van der Waals surface area contributed by atoms with E-state index in [1.54, 1.807) is 4.68 Å². The van der Waals surface area contributed by atoms with Crippen molar-refractivity contribution in [2.45, 2.75) is 6.92 Å². The predicted octanol–water partition coefficient (Wildman–Crippen LogP) is -0.0627. The van der Waals surface area contributed by atoms with Crippen LogP contribution in [0.15, 0.2) is 11.0 Å². The van der Waals surface area contributed by atoms with Crippen LogP contribution < -0.4 is 11.3 Å². The summed E-state index contributed by atoms with van der Waals surface area (Å²) in [6.45, 7) is 1.87. The number of anilines is 1. The molecule has 18 heavy (non-hydrogen) atoms. The number of rotatable bonds is 1. The molecular formula is C10H11N7O. The summed E-state index contributed by atoms with van der Waals surface area (Å²) in [4.78, 5) is 25.2. The first kappa shape index (κ1) is 10.5. The van der Waals surface area contributed by atoms with Crippen LogP contribution in [0.1, 0.15) is 5.69 Å². The molecule has 3 heterocycles. The zero-order valence-electron chi connectivity index (χ0n) is 9.85. The van der Waals surface area contributed by atoms with Gasteiger partial charge in [-0.3, -0.25) is 14.5 Å². The molecule has 0 aliphatic heterocycles. The fourth-order valence-electron chi connectivity index (χ4n) is 1.88. The Hall–Kier alpha value is -2.64. The molecule has 0 amide bonds. The van der Waals surface area contributed by atoms with E-state index in [0.717, 1.165) is 11.3 Å². The highest BCUT2D eigenvalue weighted by molar-refractivity contribution is 5.76. The molecular weight excluding hydrogens is 234 g/mol. The zero-order chi connectivity index (χ0) is 12.9. The minimum absolute atomic E-state index is 0.0495. The van der Waals surface area contributed by atoms with E-state index in [-0.39, 0.29) is 11.5 Å². The first-order valence-electron chi connectivity index (χ1n) is 5.30. The molecule has 0 atom stereocenters. The van der Waals surface area contributed by atoms with Gasteiger partial charge in [0.2, 0.25) is 5.95 Å². The molecule has 4 N–H and O–H groups in total. The Morgan fingerprint density at radius 2 is 2.11 bits per heavy atom. The molecule has 0 spiro atoms. The van der Waals surface area contributed by atoms with Crippen LogP contribution in [-0.2, 0) is 7.05 Å². The predicted molar refractivity (Wildman–Crippen MR) is 65.9 cm³/mol. The lowest BCUT2D eigenvalue weighted by Gasteiger charge is -1.89. The number of aromatic nitrogens is 6. The Balaban J connectivity index is 2.29. The molecule has 3 rings (SSSR count). The quantitative estimate of drug-likeness (QED) is 0.555. The highest BCUT2D eigenvalue weighted by Gasteiger charge is 2.13. The van der Waals surface area contributed by atoms with Crippen LogP contribution in [0.5, 0.6) is 0 Å². The first-order valence-corrected chi connectivity index (χ1v) is 5.30. The van der Waals surface area contributed by atoms with Crippen LogP contribution in [0.25, 0.3) is 22.6 Å². The number of hydrogen-bond donors (Lipinski definition) is 3. The Bertz CT molecular complexity index is 794. The second kappa shape index (κ2) is 3.42. The van der Waals surface area contributed by atoms with Crippen LogP contribution in [0.4, 0.5) is 5.95 Å². The third-order valence-corrected chi connectivity index (χ3v) is 2.65. The van der Waals surface area contributed by atoms with Gasteiger partial charge in [0.15, 0.2) is 11.2 Å². The van der Waals surface area contributed by atoms with Gasteiger partial charge in [0.05, 0.1) is 11.3 Å². The standard InChI is InChI=1S/C10H11N7O/c1-4-5(3-17(2)16-4)7-12-6-8(13-7)14-10(11)15-9(6)18/h3H,1-2H3,(H4,11,12,13,14,15,18). The van der Waals surface area contributed by atoms with Crippen molar-refractivity contribution in [2.24, 2.45) is 7.05 Å². The summed E-state index contributed by atoms with van der Waals surface area (Å²) in [7, 11) is 1.82. The normalized spacial score (nSPS) is 11.2. The first-order chi connectivity index (χ1) is 8.54. The number of nitrogens with two attached hydrogens (primary N) is 1. The van der Waals surface area contributed by atoms with Crippen molar-refractivity contribution in [2.75, 3.05) is 5.73 Å². The number of nitrogen functional groups attached to an aromatic ring is 1. The van der Waals surface area contributed by atoms with Crippen molar-refractivity contribution in [1.29, 1.82) is 0 Å². The van der Waals surface area contributed by atoms with Crippen molar-refractivity contribution in [3.8, 4) is 11.4 Å². The number of aryl methyl sites for hydroxylation is 2. The molecule has 3 aromatic heterocycles. The summed E-state index contributed by atoms with van der Waals surface area (Å²) in [5.41, 5.74) is 7.39. The fourth-order valence-corrected chi connectivity index (χ4v) is 1.88. The minimum Gasteiger partial charge on any atom is -0.369 e. The molecule has 0 aliphatic rings. The van der Waals surface area contributed by atoms with Gasteiger partial charge in [-0.25, -0.2) is 4.98 Å². The van der Waals surface area contributed by atoms with Crippen molar-refractivity contribution >= 4 is 17.1 Å². The molecule has 0 radical (unpaired) electrons. The number of imidazole rings is 1. The van der Waals surface area contributed by atoms with Gasteiger partial charge in [0.25, 0.3) is 5.56 Å². The average Bonchev–Trinajstić information content (AvgIpc) is 2.81. The van der Waals surface area contributed by atoms with E-state index in [1.165, 1.54) is 0 Å². The van der Waals surface area contributed by atoms with Gasteiger partial charge in [0.1, 0.15) is 5.82 Å². The topological polar surface area (TPSA) is 118 Å². The minimum atomic E-state index is -0.335. The maximum atomic E-state index is 11.7. The Morgan fingerprint density at radius 1 is 1.33 bits per heavy atom. The van der Waals surface area contributed by atoms with Gasteiger partial charge in [-0.1, -0.05) is 0 Å². The number of nitrogens with one attached hydrogen (secondary N) is 2. The van der Waals surface area contributed by atoms with E-state index in [0.29, 0.717) is 17.0 Å². The fraction of sp³-hybridized carbons (Fsp3) is 0.200. The van der Waals surface area contributed by atoms with Gasteiger partial charge in [-0.2, -0.15) is 10.1 Å². The van der Waals surface area contributed by atoms with Crippen LogP contribution >= 0.6 is 0 Å². The van der Waals surface area contributed by atoms with Crippen molar-refractivity contribution in [1.82, 2.24) is 29.7 Å². The third kappa shape index (κ3) is 1.46. The SMILES string of the molecule is Cc1nn(C)cc1-c1nc2nc(N)[nH]c(=O)c2[nH]1. The van der Waals surface area contributed by atoms with Crippen molar-refractivity contribution in [3.63, 3.8) is 0 Å². The lowest BCUT2D eigenvalue weighted by atomic mass is 10.2. The smallest absolute Gasteiger partial charge is 0.278 e. The molecule has 92 valence electrons. The molecule has 0 saturated carbocycles. The van der Waals surface area contributed by atoms with Crippen LogP contribution in [0.3, 0.4) is 0 Å². The zero-order valence-corrected chi connectivity index (χ0v) is 9.85. The largest absolute Gasteiger partial charge is 0.369 e. The molecule has 3 aromatic rings. The van der Waals surface area contributed by atoms with Gasteiger partial charge < -0.3 is 10.7 Å². The van der Waals surface area contributed by atoms with Gasteiger partial charge in [0, 0.05) is 13.2 Å². The van der Waals surface area contributed by atoms with E-state index < -0.39 is 0 Å². The summed E-state index contributed by atoms with van der Waals surface area (Å²) in [5, 5.41) is 4.22. The Labute approximate surface area is 101 Å². The van der Waals surface area contributed by atoms with Gasteiger partial charge >= 0.3 is 0 Å². The summed E-state index contributed by atoms with van der Waals surface area (Å²) in [5.74, 6) is 0.604. The lowest BCUT2D eigenvalue weighted by Crippen LogP contribution is -2.10. The molecule has 0 saturated heterocycles. The lowest BCUT2D eigenvalue weighted by molar-refractivity contribution is 0.756. The third-order valence-electron chi connectivity index (χ3n) is 2.65. The number of H-pyrrole nitrogens is 2. The van der Waals surface area contributed by atoms with Crippen LogP contribution in [0.2, 0.25) is 0 Å². The number of hydrogen-bond acceptors (Lipinski definition) is 5. The molecule has 0 unspecified atom stereocenters. The van der Waals surface area contributed by atoms with Crippen LogP contribution in [-0.4, -0.2) is 29.7 Å². The number of nitrogens with zero attached hydrogens (tertiary/aromatic N) is 4. The van der Waals surface area contributed by atoms with Crippen molar-refractivity contribution < 1.29 is 0 Å². The number of fused-ring (bicyclic) bond motifs is 1. The summed E-state index contributed by atoms with van der Waals surface area (Å²) >= 11 is 0. The highest BCUT2D eigenvalue weighted by Crippen LogP contribution is 2.20. The monoisotopic (exact) mass is 245 g/mol. The van der Waals surface area contributed by atoms with E-state index >= 15 is 0 Å². The van der Waals surface area contributed by atoms with E-state index in [1.807, 2.05) is 20.2 Å². The molecule has 0 bridgehead atoms. The second-order valence-electron chi connectivity index (χ2n) is 4.04. The summed E-state index contributed by atoms with van der Waals surface area (Å²) in [6, 6.07) is 0. The molecule has 0 fully saturated rings. The summed E-state index contributed by atoms with van der Waals surface area (Å²) < 4.78 is 1.68. The van der Waals surface area contributed by atoms with Gasteiger partial charge in [-0.15, -0.1) is 0 Å². The highest BCUT2D eigenvalue weighted by atomic mass is 16.1. The van der Waals surface area contributed by atoms with Crippen LogP contribution in [0, 0.1) is 6.92 Å². The van der Waals surface area contributed by atoms with E-state index in [2.05, 4.69) is 25.0 Å². The second-order valence-corrected chi connectivity index (χ2v) is 4.04. The maximum Gasteiger partial charge on any atom is 0.278 e. The van der Waals surface area contributed by atoms with E-state index in [9.17, 15) is 4.79 Å².